The fourth-order valence-electron chi connectivity index (χ4n) is 2.33. The maximum atomic E-state index is 12.2. The monoisotopic (exact) mass is 321 g/mol. The molecule has 4 heteroatoms. The van der Waals surface area contributed by atoms with Gasteiger partial charge in [-0.2, -0.15) is 0 Å². The predicted octanol–water partition coefficient (Wildman–Crippen LogP) is 4.98. The molecule has 3 aromatic rings. The molecule has 0 aliphatic heterocycles. The number of hydrogen-bond acceptors (Lipinski definition) is 4. The molecule has 0 fully saturated rings. The Bertz CT molecular complexity index is 831. The number of rotatable bonds is 6. The topological polar surface area (TPSA) is 48.4 Å². The van der Waals surface area contributed by atoms with Gasteiger partial charge >= 0.3 is 5.97 Å². The van der Waals surface area contributed by atoms with Crippen molar-refractivity contribution in [3.05, 3.63) is 66.4 Å². The third-order valence-corrected chi connectivity index (χ3v) is 3.60. The minimum atomic E-state index is -0.424. The van der Waals surface area contributed by atoms with Gasteiger partial charge < -0.3 is 9.47 Å². The number of aromatic nitrogens is 1. The summed E-state index contributed by atoms with van der Waals surface area (Å²) < 4.78 is 11.2. The first-order valence-corrected chi connectivity index (χ1v) is 8.07. The molecular formula is C20H19NO3. The van der Waals surface area contributed by atoms with E-state index in [2.05, 4.69) is 4.98 Å². The summed E-state index contributed by atoms with van der Waals surface area (Å²) in [6.07, 6.45) is 1.81. The van der Waals surface area contributed by atoms with Crippen molar-refractivity contribution in [3.63, 3.8) is 0 Å². The van der Waals surface area contributed by atoms with E-state index in [-0.39, 0.29) is 5.69 Å². The maximum absolute atomic E-state index is 12.2. The Balaban J connectivity index is 1.95. The lowest BCUT2D eigenvalue weighted by Gasteiger charge is -2.10. The molecule has 0 saturated heterocycles. The average Bonchev–Trinajstić information content (AvgIpc) is 2.62. The van der Waals surface area contributed by atoms with Crippen molar-refractivity contribution in [2.24, 2.45) is 0 Å². The Kier molecular flexibility index (Phi) is 5.06. The molecule has 0 amide bonds. The summed E-state index contributed by atoms with van der Waals surface area (Å²) in [7, 11) is 0. The summed E-state index contributed by atoms with van der Waals surface area (Å²) in [6, 6.07) is 18.8. The first-order chi connectivity index (χ1) is 11.8. The van der Waals surface area contributed by atoms with Crippen molar-refractivity contribution in [1.29, 1.82) is 0 Å². The molecule has 0 N–H and O–H groups in total. The Morgan fingerprint density at radius 1 is 1.04 bits per heavy atom. The highest BCUT2D eigenvalue weighted by Crippen LogP contribution is 2.28. The molecule has 4 nitrogen and oxygen atoms in total. The highest BCUT2D eigenvalue weighted by Gasteiger charge is 2.14. The molecule has 0 aliphatic rings. The minimum absolute atomic E-state index is 0.260. The van der Waals surface area contributed by atoms with Gasteiger partial charge in [0.15, 0.2) is 5.69 Å². The number of nitrogens with zero attached hydrogens (tertiary/aromatic N) is 1. The van der Waals surface area contributed by atoms with Crippen molar-refractivity contribution in [3.8, 4) is 11.6 Å². The molecule has 1 heterocycles. The molecule has 0 bridgehead atoms. The van der Waals surface area contributed by atoms with Crippen LogP contribution in [0.3, 0.4) is 0 Å². The predicted molar refractivity (Wildman–Crippen MR) is 93.4 cm³/mol. The zero-order valence-electron chi connectivity index (χ0n) is 13.6. The van der Waals surface area contributed by atoms with Crippen LogP contribution >= 0.6 is 0 Å². The van der Waals surface area contributed by atoms with E-state index in [0.717, 1.165) is 23.6 Å². The van der Waals surface area contributed by atoms with Crippen LogP contribution < -0.4 is 4.74 Å². The SMILES string of the molecule is CCCCOC(=O)c1cc2ccccc2c(Oc2ccccc2)n1. The van der Waals surface area contributed by atoms with Gasteiger partial charge in [-0.15, -0.1) is 0 Å². The van der Waals surface area contributed by atoms with Gasteiger partial charge in [0.1, 0.15) is 5.75 Å². The van der Waals surface area contributed by atoms with E-state index in [1.807, 2.05) is 61.5 Å². The van der Waals surface area contributed by atoms with E-state index >= 15 is 0 Å². The zero-order valence-corrected chi connectivity index (χ0v) is 13.6. The van der Waals surface area contributed by atoms with Gasteiger partial charge in [0, 0.05) is 5.39 Å². The van der Waals surface area contributed by atoms with Crippen LogP contribution in [0.25, 0.3) is 10.8 Å². The Labute approximate surface area is 141 Å². The van der Waals surface area contributed by atoms with Gasteiger partial charge in [0.25, 0.3) is 0 Å². The van der Waals surface area contributed by atoms with Crippen molar-refractivity contribution < 1.29 is 14.3 Å². The largest absolute Gasteiger partial charge is 0.461 e. The van der Waals surface area contributed by atoms with Crippen molar-refractivity contribution in [2.75, 3.05) is 6.61 Å². The lowest BCUT2D eigenvalue weighted by atomic mass is 10.1. The summed E-state index contributed by atoms with van der Waals surface area (Å²) >= 11 is 0. The molecule has 0 unspecified atom stereocenters. The number of carbonyl (C=O) groups is 1. The van der Waals surface area contributed by atoms with Crippen LogP contribution in [0.4, 0.5) is 0 Å². The van der Waals surface area contributed by atoms with Crippen molar-refractivity contribution in [1.82, 2.24) is 4.98 Å². The standard InChI is InChI=1S/C20H19NO3/c1-2-3-13-23-20(22)18-14-15-9-7-8-12-17(15)19(21-18)24-16-10-5-4-6-11-16/h4-12,14H,2-3,13H2,1H3. The first kappa shape index (κ1) is 16.0. The van der Waals surface area contributed by atoms with Crippen LogP contribution in [0.1, 0.15) is 30.3 Å². The van der Waals surface area contributed by atoms with E-state index in [0.29, 0.717) is 18.2 Å². The molecule has 0 radical (unpaired) electrons. The number of esters is 1. The third kappa shape index (κ3) is 3.71. The Morgan fingerprint density at radius 2 is 1.79 bits per heavy atom. The molecule has 122 valence electrons. The highest BCUT2D eigenvalue weighted by molar-refractivity contribution is 5.95. The lowest BCUT2D eigenvalue weighted by molar-refractivity contribution is 0.0492. The molecule has 0 aliphatic carbocycles. The third-order valence-electron chi connectivity index (χ3n) is 3.60. The van der Waals surface area contributed by atoms with Crippen LogP contribution in [0.15, 0.2) is 60.7 Å². The fraction of sp³-hybridized carbons (Fsp3) is 0.200. The average molecular weight is 321 g/mol. The summed E-state index contributed by atoms with van der Waals surface area (Å²) in [6.45, 7) is 2.45. The number of carbonyl (C=O) groups excluding carboxylic acids is 1. The molecule has 3 rings (SSSR count). The number of hydrogen-bond donors (Lipinski definition) is 0. The van der Waals surface area contributed by atoms with Crippen LogP contribution in [0.2, 0.25) is 0 Å². The quantitative estimate of drug-likeness (QED) is 0.474. The molecule has 0 spiro atoms. The van der Waals surface area contributed by atoms with Crippen LogP contribution in [0.5, 0.6) is 11.6 Å². The van der Waals surface area contributed by atoms with E-state index in [1.165, 1.54) is 0 Å². The molecule has 0 atom stereocenters. The van der Waals surface area contributed by atoms with Gasteiger partial charge in [-0.25, -0.2) is 9.78 Å². The van der Waals surface area contributed by atoms with Crippen LogP contribution in [-0.2, 0) is 4.74 Å². The minimum Gasteiger partial charge on any atom is -0.461 e. The Hall–Kier alpha value is -2.88. The summed E-state index contributed by atoms with van der Waals surface area (Å²) in [5, 5.41) is 1.74. The number of unbranched alkanes of at least 4 members (excludes halogenated alkanes) is 1. The van der Waals surface area contributed by atoms with E-state index in [4.69, 9.17) is 9.47 Å². The van der Waals surface area contributed by atoms with Gasteiger partial charge in [0.05, 0.1) is 6.61 Å². The van der Waals surface area contributed by atoms with Crippen molar-refractivity contribution in [2.45, 2.75) is 19.8 Å². The second-order valence-electron chi connectivity index (χ2n) is 5.44. The molecule has 1 aromatic heterocycles. The second kappa shape index (κ2) is 7.59. The van der Waals surface area contributed by atoms with E-state index < -0.39 is 5.97 Å². The fourth-order valence-corrected chi connectivity index (χ4v) is 2.33. The molecule has 0 saturated carbocycles. The highest BCUT2D eigenvalue weighted by atomic mass is 16.5. The Morgan fingerprint density at radius 3 is 2.58 bits per heavy atom. The number of benzene rings is 2. The number of para-hydroxylation sites is 1. The summed E-state index contributed by atoms with van der Waals surface area (Å²) in [5.41, 5.74) is 0.260. The summed E-state index contributed by atoms with van der Waals surface area (Å²) in [5.74, 6) is 0.653. The first-order valence-electron chi connectivity index (χ1n) is 8.07. The lowest BCUT2D eigenvalue weighted by Crippen LogP contribution is -2.09. The molecular weight excluding hydrogens is 302 g/mol. The number of fused-ring (bicyclic) bond motifs is 1. The maximum Gasteiger partial charge on any atom is 0.357 e. The van der Waals surface area contributed by atoms with Gasteiger partial charge in [-0.1, -0.05) is 49.7 Å². The van der Waals surface area contributed by atoms with Crippen LogP contribution in [0, 0.1) is 0 Å². The van der Waals surface area contributed by atoms with Gasteiger partial charge in [-0.3, -0.25) is 0 Å². The van der Waals surface area contributed by atoms with E-state index in [1.54, 1.807) is 6.07 Å². The van der Waals surface area contributed by atoms with Gasteiger partial charge in [-0.05, 0) is 36.1 Å². The van der Waals surface area contributed by atoms with Crippen LogP contribution in [-0.4, -0.2) is 17.6 Å². The molecule has 24 heavy (non-hydrogen) atoms. The second-order valence-corrected chi connectivity index (χ2v) is 5.44. The number of ether oxygens (including phenoxy) is 2. The molecule has 2 aromatic carbocycles. The van der Waals surface area contributed by atoms with E-state index in [9.17, 15) is 4.79 Å². The normalized spacial score (nSPS) is 10.5. The smallest absolute Gasteiger partial charge is 0.357 e. The number of pyridine rings is 1. The summed E-state index contributed by atoms with van der Waals surface area (Å²) in [4.78, 5) is 16.6. The zero-order chi connectivity index (χ0) is 16.8. The van der Waals surface area contributed by atoms with Gasteiger partial charge in [0.2, 0.25) is 5.88 Å². The van der Waals surface area contributed by atoms with Crippen molar-refractivity contribution >= 4 is 16.7 Å².